The third kappa shape index (κ3) is 3.02. The number of aromatic nitrogens is 1. The van der Waals surface area contributed by atoms with Gasteiger partial charge in [0.15, 0.2) is 0 Å². The molecule has 1 aromatic heterocycles. The highest BCUT2D eigenvalue weighted by Gasteiger charge is 2.18. The molecule has 0 aliphatic rings. The average Bonchev–Trinajstić information content (AvgIpc) is 2.28. The molecule has 0 aliphatic carbocycles. The van der Waals surface area contributed by atoms with Crippen molar-refractivity contribution in [2.45, 2.75) is 26.7 Å². The summed E-state index contributed by atoms with van der Waals surface area (Å²) in [5.74, 6) is -0.959. The van der Waals surface area contributed by atoms with Gasteiger partial charge in [0.05, 0.1) is 5.56 Å². The summed E-state index contributed by atoms with van der Waals surface area (Å²) in [6.07, 6.45) is 3.08. The Hall–Kier alpha value is -1.45. The zero-order chi connectivity index (χ0) is 12.0. The molecule has 1 amide bonds. The van der Waals surface area contributed by atoms with Crippen LogP contribution in [0.3, 0.4) is 0 Å². The zero-order valence-electron chi connectivity index (χ0n) is 9.74. The van der Waals surface area contributed by atoms with Gasteiger partial charge in [-0.15, -0.1) is 0 Å². The van der Waals surface area contributed by atoms with Crippen molar-refractivity contribution in [2.24, 2.45) is 0 Å². The van der Waals surface area contributed by atoms with Crippen molar-refractivity contribution in [3.8, 4) is 0 Å². The number of halogens is 1. The number of rotatable bonds is 5. The first-order chi connectivity index (χ1) is 7.70. The number of carbonyl (C=O) groups is 1. The van der Waals surface area contributed by atoms with Crippen LogP contribution in [0, 0.1) is 5.95 Å². The van der Waals surface area contributed by atoms with Crippen LogP contribution in [-0.2, 0) is 0 Å². The van der Waals surface area contributed by atoms with Crippen molar-refractivity contribution in [1.82, 2.24) is 9.88 Å². The molecule has 1 rings (SSSR count). The highest BCUT2D eigenvalue weighted by Crippen LogP contribution is 2.08. The Morgan fingerprint density at radius 3 is 2.50 bits per heavy atom. The molecular formula is C12H17FN2O. The topological polar surface area (TPSA) is 33.2 Å². The normalized spacial score (nSPS) is 10.2. The van der Waals surface area contributed by atoms with Crippen LogP contribution in [0.2, 0.25) is 0 Å². The van der Waals surface area contributed by atoms with Gasteiger partial charge in [0.1, 0.15) is 0 Å². The SMILES string of the molecule is CCCN(CCC)C(=O)c1cccnc1F. The molecule has 0 saturated carbocycles. The molecule has 16 heavy (non-hydrogen) atoms. The Kier molecular flexibility index (Phi) is 4.89. The van der Waals surface area contributed by atoms with Crippen molar-refractivity contribution in [3.05, 3.63) is 29.8 Å². The summed E-state index contributed by atoms with van der Waals surface area (Å²) in [6, 6.07) is 3.05. The smallest absolute Gasteiger partial charge is 0.258 e. The van der Waals surface area contributed by atoms with E-state index in [4.69, 9.17) is 0 Å². The van der Waals surface area contributed by atoms with Crippen molar-refractivity contribution in [3.63, 3.8) is 0 Å². The lowest BCUT2D eigenvalue weighted by atomic mass is 10.2. The van der Waals surface area contributed by atoms with E-state index in [-0.39, 0.29) is 11.5 Å². The Morgan fingerprint density at radius 1 is 1.38 bits per heavy atom. The van der Waals surface area contributed by atoms with Crippen LogP contribution in [0.25, 0.3) is 0 Å². The molecule has 0 N–H and O–H groups in total. The molecule has 0 aliphatic heterocycles. The molecule has 0 atom stereocenters. The van der Waals surface area contributed by atoms with Gasteiger partial charge in [-0.3, -0.25) is 4.79 Å². The van der Waals surface area contributed by atoms with E-state index in [1.54, 1.807) is 11.0 Å². The average molecular weight is 224 g/mol. The predicted octanol–water partition coefficient (Wildman–Crippen LogP) is 2.48. The fourth-order valence-electron chi connectivity index (χ4n) is 1.57. The highest BCUT2D eigenvalue weighted by molar-refractivity contribution is 5.94. The standard InChI is InChI=1S/C12H17FN2O/c1-3-8-15(9-4-2)12(16)10-6-5-7-14-11(10)13/h5-7H,3-4,8-9H2,1-2H3. The maximum Gasteiger partial charge on any atom is 0.258 e. The van der Waals surface area contributed by atoms with Gasteiger partial charge in [-0.1, -0.05) is 13.8 Å². The summed E-state index contributed by atoms with van der Waals surface area (Å²) in [6.45, 7) is 5.30. The van der Waals surface area contributed by atoms with E-state index in [2.05, 4.69) is 4.98 Å². The van der Waals surface area contributed by atoms with Gasteiger partial charge >= 0.3 is 0 Å². The minimum atomic E-state index is -0.690. The molecule has 88 valence electrons. The third-order valence-electron chi connectivity index (χ3n) is 2.26. The van der Waals surface area contributed by atoms with Crippen LogP contribution in [0.15, 0.2) is 18.3 Å². The lowest BCUT2D eigenvalue weighted by Gasteiger charge is -2.21. The fourth-order valence-corrected chi connectivity index (χ4v) is 1.57. The fraction of sp³-hybridized carbons (Fsp3) is 0.500. The summed E-state index contributed by atoms with van der Waals surface area (Å²) in [4.78, 5) is 17.1. The molecule has 0 aromatic carbocycles. The van der Waals surface area contributed by atoms with E-state index in [1.165, 1.54) is 12.3 Å². The van der Waals surface area contributed by atoms with E-state index in [0.29, 0.717) is 13.1 Å². The summed E-state index contributed by atoms with van der Waals surface area (Å²) in [5, 5.41) is 0. The van der Waals surface area contributed by atoms with Crippen LogP contribution >= 0.6 is 0 Å². The number of hydrogen-bond acceptors (Lipinski definition) is 2. The molecular weight excluding hydrogens is 207 g/mol. The van der Waals surface area contributed by atoms with Gasteiger partial charge in [-0.2, -0.15) is 4.39 Å². The second-order valence-electron chi connectivity index (χ2n) is 3.63. The quantitative estimate of drug-likeness (QED) is 0.720. The van der Waals surface area contributed by atoms with E-state index >= 15 is 0 Å². The Morgan fingerprint density at radius 2 is 2.00 bits per heavy atom. The van der Waals surface area contributed by atoms with Crippen molar-refractivity contribution >= 4 is 5.91 Å². The number of pyridine rings is 1. The predicted molar refractivity (Wildman–Crippen MR) is 60.7 cm³/mol. The highest BCUT2D eigenvalue weighted by atomic mass is 19.1. The van der Waals surface area contributed by atoms with Crippen LogP contribution in [-0.4, -0.2) is 28.9 Å². The van der Waals surface area contributed by atoms with Gasteiger partial charge in [0.2, 0.25) is 5.95 Å². The molecule has 0 unspecified atom stereocenters. The Labute approximate surface area is 95.3 Å². The van der Waals surface area contributed by atoms with Crippen LogP contribution < -0.4 is 0 Å². The monoisotopic (exact) mass is 224 g/mol. The first kappa shape index (κ1) is 12.6. The lowest BCUT2D eigenvalue weighted by molar-refractivity contribution is 0.0750. The molecule has 0 radical (unpaired) electrons. The van der Waals surface area contributed by atoms with E-state index in [1.807, 2.05) is 13.8 Å². The second kappa shape index (κ2) is 6.20. The molecule has 3 nitrogen and oxygen atoms in total. The molecule has 0 spiro atoms. The van der Waals surface area contributed by atoms with Crippen LogP contribution in [0.5, 0.6) is 0 Å². The minimum Gasteiger partial charge on any atom is -0.339 e. The molecule has 0 fully saturated rings. The van der Waals surface area contributed by atoms with Crippen molar-refractivity contribution < 1.29 is 9.18 Å². The van der Waals surface area contributed by atoms with Crippen LogP contribution in [0.1, 0.15) is 37.0 Å². The van der Waals surface area contributed by atoms with Gasteiger partial charge in [-0.25, -0.2) is 4.98 Å². The maximum absolute atomic E-state index is 13.3. The van der Waals surface area contributed by atoms with Crippen molar-refractivity contribution in [1.29, 1.82) is 0 Å². The summed E-state index contributed by atoms with van der Waals surface area (Å²) in [7, 11) is 0. The minimum absolute atomic E-state index is 0.0596. The molecule has 4 heteroatoms. The second-order valence-corrected chi connectivity index (χ2v) is 3.63. The number of carbonyl (C=O) groups excluding carboxylic acids is 1. The molecule has 1 heterocycles. The summed E-state index contributed by atoms with van der Waals surface area (Å²) < 4.78 is 13.3. The number of amides is 1. The molecule has 0 bridgehead atoms. The third-order valence-corrected chi connectivity index (χ3v) is 2.26. The van der Waals surface area contributed by atoms with Crippen molar-refractivity contribution in [2.75, 3.05) is 13.1 Å². The number of hydrogen-bond donors (Lipinski definition) is 0. The van der Waals surface area contributed by atoms with Gasteiger partial charge in [-0.05, 0) is 25.0 Å². The van der Waals surface area contributed by atoms with Crippen LogP contribution in [0.4, 0.5) is 4.39 Å². The zero-order valence-corrected chi connectivity index (χ0v) is 9.74. The first-order valence-corrected chi connectivity index (χ1v) is 5.60. The lowest BCUT2D eigenvalue weighted by Crippen LogP contribution is -2.33. The summed E-state index contributed by atoms with van der Waals surface area (Å²) in [5.41, 5.74) is 0.0596. The van der Waals surface area contributed by atoms with E-state index in [0.717, 1.165) is 12.8 Å². The number of nitrogens with zero attached hydrogens (tertiary/aromatic N) is 2. The Bertz CT molecular complexity index is 349. The first-order valence-electron chi connectivity index (χ1n) is 5.60. The summed E-state index contributed by atoms with van der Waals surface area (Å²) >= 11 is 0. The van der Waals surface area contributed by atoms with Gasteiger partial charge in [0, 0.05) is 19.3 Å². The molecule has 0 saturated heterocycles. The molecule has 1 aromatic rings. The van der Waals surface area contributed by atoms with E-state index < -0.39 is 5.95 Å². The Balaban J connectivity index is 2.85. The largest absolute Gasteiger partial charge is 0.339 e. The van der Waals surface area contributed by atoms with E-state index in [9.17, 15) is 9.18 Å². The van der Waals surface area contributed by atoms with Gasteiger partial charge in [0.25, 0.3) is 5.91 Å². The van der Waals surface area contributed by atoms with Gasteiger partial charge < -0.3 is 4.90 Å². The maximum atomic E-state index is 13.3.